The Morgan fingerprint density at radius 2 is 2.16 bits per heavy atom. The lowest BCUT2D eigenvalue weighted by Gasteiger charge is -2.50. The molecule has 1 aliphatic heterocycles. The number of nitrogens with one attached hydrogen (secondary N) is 1. The Bertz CT molecular complexity index is 384. The van der Waals surface area contributed by atoms with Gasteiger partial charge in [0, 0.05) is 30.9 Å². The van der Waals surface area contributed by atoms with Gasteiger partial charge in [-0.1, -0.05) is 27.7 Å². The van der Waals surface area contributed by atoms with E-state index >= 15 is 0 Å². The van der Waals surface area contributed by atoms with Crippen LogP contribution in [-0.4, -0.2) is 29.7 Å². The highest BCUT2D eigenvalue weighted by Crippen LogP contribution is 2.29. The summed E-state index contributed by atoms with van der Waals surface area (Å²) in [5.74, 6) is 0.638. The third-order valence-electron chi connectivity index (χ3n) is 4.66. The maximum atomic E-state index is 4.29. The number of anilines is 1. The van der Waals surface area contributed by atoms with Gasteiger partial charge in [-0.05, 0) is 30.9 Å². The molecule has 0 aliphatic carbocycles. The Kier molecular flexibility index (Phi) is 4.46. The molecule has 1 N–H and O–H groups in total. The van der Waals surface area contributed by atoms with Crippen LogP contribution in [0.25, 0.3) is 0 Å². The van der Waals surface area contributed by atoms with Crippen molar-refractivity contribution >= 4 is 5.69 Å². The quantitative estimate of drug-likeness (QED) is 0.903. The molecule has 3 heteroatoms. The molecule has 1 atom stereocenters. The van der Waals surface area contributed by atoms with Gasteiger partial charge in [0.2, 0.25) is 0 Å². The van der Waals surface area contributed by atoms with E-state index in [0.29, 0.717) is 12.0 Å². The van der Waals surface area contributed by atoms with Gasteiger partial charge in [0.1, 0.15) is 0 Å². The summed E-state index contributed by atoms with van der Waals surface area (Å²) in [4.78, 5) is 6.85. The average Bonchev–Trinajstić information content (AvgIpc) is 2.47. The molecular weight excluding hydrogens is 234 g/mol. The molecule has 0 spiro atoms. The van der Waals surface area contributed by atoms with Crippen LogP contribution in [-0.2, 0) is 0 Å². The maximum absolute atomic E-state index is 4.29. The number of aromatic nitrogens is 1. The first-order valence-corrected chi connectivity index (χ1v) is 7.53. The molecule has 1 aromatic rings. The second-order valence-corrected chi connectivity index (χ2v) is 6.02. The Morgan fingerprint density at radius 1 is 1.42 bits per heavy atom. The molecule has 3 nitrogen and oxygen atoms in total. The first kappa shape index (κ1) is 14.3. The fraction of sp³-hybridized carbons (Fsp3) is 0.688. The minimum atomic E-state index is 0.251. The summed E-state index contributed by atoms with van der Waals surface area (Å²) in [5.41, 5.74) is 1.51. The molecule has 0 aromatic carbocycles. The highest BCUT2D eigenvalue weighted by molar-refractivity contribution is 5.46. The zero-order valence-corrected chi connectivity index (χ0v) is 12.7. The summed E-state index contributed by atoms with van der Waals surface area (Å²) in [6.07, 6.45) is 6.19. The van der Waals surface area contributed by atoms with Crippen molar-refractivity contribution in [2.75, 3.05) is 18.0 Å². The van der Waals surface area contributed by atoms with Gasteiger partial charge in [-0.3, -0.25) is 4.98 Å². The normalized spacial score (nSPS) is 22.8. The van der Waals surface area contributed by atoms with Gasteiger partial charge >= 0.3 is 0 Å². The Morgan fingerprint density at radius 3 is 2.68 bits per heavy atom. The van der Waals surface area contributed by atoms with Gasteiger partial charge in [0.15, 0.2) is 0 Å². The van der Waals surface area contributed by atoms with Crippen LogP contribution in [0, 0.1) is 5.92 Å². The van der Waals surface area contributed by atoms with E-state index < -0.39 is 0 Å². The average molecular weight is 261 g/mol. The van der Waals surface area contributed by atoms with Crippen molar-refractivity contribution in [2.24, 2.45) is 5.92 Å². The predicted molar refractivity (Wildman–Crippen MR) is 81.5 cm³/mol. The van der Waals surface area contributed by atoms with Crippen molar-refractivity contribution in [1.82, 2.24) is 10.3 Å². The minimum Gasteiger partial charge on any atom is -0.364 e. The lowest BCUT2D eigenvalue weighted by Crippen LogP contribution is -2.65. The van der Waals surface area contributed by atoms with Gasteiger partial charge in [-0.25, -0.2) is 0 Å². The topological polar surface area (TPSA) is 28.2 Å². The molecule has 0 radical (unpaired) electrons. The predicted octanol–water partition coefficient (Wildman–Crippen LogP) is 3.07. The fourth-order valence-corrected chi connectivity index (χ4v) is 3.06. The van der Waals surface area contributed by atoms with Crippen LogP contribution >= 0.6 is 0 Å². The van der Waals surface area contributed by atoms with Gasteiger partial charge in [-0.15, -0.1) is 0 Å². The third kappa shape index (κ3) is 2.92. The molecule has 106 valence electrons. The van der Waals surface area contributed by atoms with Crippen molar-refractivity contribution in [3.8, 4) is 0 Å². The van der Waals surface area contributed by atoms with Gasteiger partial charge < -0.3 is 10.2 Å². The monoisotopic (exact) mass is 261 g/mol. The van der Waals surface area contributed by atoms with Gasteiger partial charge in [0.25, 0.3) is 0 Å². The molecule has 1 saturated heterocycles. The van der Waals surface area contributed by atoms with Crippen LogP contribution in [0.5, 0.6) is 0 Å². The molecule has 2 rings (SSSR count). The highest BCUT2D eigenvalue weighted by Gasteiger charge is 2.37. The largest absolute Gasteiger partial charge is 0.364 e. The highest BCUT2D eigenvalue weighted by atomic mass is 15.3. The van der Waals surface area contributed by atoms with Crippen LogP contribution in [0.15, 0.2) is 24.5 Å². The summed E-state index contributed by atoms with van der Waals surface area (Å²) < 4.78 is 0. The van der Waals surface area contributed by atoms with E-state index in [4.69, 9.17) is 0 Å². The number of pyridine rings is 1. The summed E-state index contributed by atoms with van der Waals surface area (Å²) in [6.45, 7) is 11.3. The number of rotatable bonds is 4. The Balaban J connectivity index is 2.28. The summed E-state index contributed by atoms with van der Waals surface area (Å²) in [6, 6.07) is 4.77. The van der Waals surface area contributed by atoms with E-state index in [0.717, 1.165) is 13.1 Å². The van der Waals surface area contributed by atoms with Crippen LogP contribution in [0.3, 0.4) is 0 Å². The molecule has 1 unspecified atom stereocenters. The second kappa shape index (κ2) is 5.91. The SMILES string of the molecule is CCC1(CC)CN(c2cccnc2)C(C(C)C)CN1. The first-order valence-electron chi connectivity index (χ1n) is 7.53. The molecule has 1 fully saturated rings. The number of nitrogens with zero attached hydrogens (tertiary/aromatic N) is 2. The molecule has 19 heavy (non-hydrogen) atoms. The molecular formula is C16H27N3. The van der Waals surface area contributed by atoms with Crippen molar-refractivity contribution in [3.05, 3.63) is 24.5 Å². The third-order valence-corrected chi connectivity index (χ3v) is 4.66. The van der Waals surface area contributed by atoms with E-state index in [1.54, 1.807) is 0 Å². The van der Waals surface area contributed by atoms with E-state index in [1.807, 2.05) is 18.5 Å². The first-order chi connectivity index (χ1) is 9.12. The van der Waals surface area contributed by atoms with Crippen molar-refractivity contribution < 1.29 is 0 Å². The van der Waals surface area contributed by atoms with E-state index in [2.05, 4.69) is 49.0 Å². The molecule has 0 amide bonds. The van der Waals surface area contributed by atoms with Crippen LogP contribution in [0.4, 0.5) is 5.69 Å². The lowest BCUT2D eigenvalue weighted by atomic mass is 9.86. The number of hydrogen-bond acceptors (Lipinski definition) is 3. The van der Waals surface area contributed by atoms with Crippen molar-refractivity contribution in [3.63, 3.8) is 0 Å². The molecule has 1 aliphatic rings. The zero-order chi connectivity index (χ0) is 13.9. The zero-order valence-electron chi connectivity index (χ0n) is 12.7. The summed E-state index contributed by atoms with van der Waals surface area (Å²) >= 11 is 0. The van der Waals surface area contributed by atoms with E-state index in [-0.39, 0.29) is 5.54 Å². The molecule has 2 heterocycles. The van der Waals surface area contributed by atoms with Crippen molar-refractivity contribution in [1.29, 1.82) is 0 Å². The standard InChI is InChI=1S/C16H27N3/c1-5-16(6-2)12-19(14-8-7-9-17-10-14)15(11-18-16)13(3)4/h7-10,13,15,18H,5-6,11-12H2,1-4H3. The Labute approximate surface area is 117 Å². The maximum Gasteiger partial charge on any atom is 0.0556 e. The lowest BCUT2D eigenvalue weighted by molar-refractivity contribution is 0.227. The summed E-state index contributed by atoms with van der Waals surface area (Å²) in [7, 11) is 0. The van der Waals surface area contributed by atoms with Gasteiger partial charge in [-0.2, -0.15) is 0 Å². The van der Waals surface area contributed by atoms with E-state index in [9.17, 15) is 0 Å². The second-order valence-electron chi connectivity index (χ2n) is 6.02. The molecule has 1 aromatic heterocycles. The van der Waals surface area contributed by atoms with Crippen LogP contribution in [0.1, 0.15) is 40.5 Å². The van der Waals surface area contributed by atoms with Gasteiger partial charge in [0.05, 0.1) is 11.9 Å². The number of hydrogen-bond donors (Lipinski definition) is 1. The number of piperazine rings is 1. The molecule has 0 saturated carbocycles. The summed E-state index contributed by atoms with van der Waals surface area (Å²) in [5, 5.41) is 3.80. The van der Waals surface area contributed by atoms with Crippen molar-refractivity contribution in [2.45, 2.75) is 52.1 Å². The molecule has 0 bridgehead atoms. The minimum absolute atomic E-state index is 0.251. The smallest absolute Gasteiger partial charge is 0.0556 e. The fourth-order valence-electron chi connectivity index (χ4n) is 3.06. The van der Waals surface area contributed by atoms with Crippen LogP contribution < -0.4 is 10.2 Å². The van der Waals surface area contributed by atoms with Crippen LogP contribution in [0.2, 0.25) is 0 Å². The van der Waals surface area contributed by atoms with E-state index in [1.165, 1.54) is 18.5 Å². The Hall–Kier alpha value is -1.09.